The quantitative estimate of drug-likeness (QED) is 0.865. The van der Waals surface area contributed by atoms with Gasteiger partial charge in [0.25, 0.3) is 0 Å². The number of hydrogen-bond acceptors (Lipinski definition) is 4. The first-order chi connectivity index (χ1) is 8.58. The van der Waals surface area contributed by atoms with Gasteiger partial charge in [-0.3, -0.25) is 0 Å². The monoisotopic (exact) mass is 245 g/mol. The maximum Gasteiger partial charge on any atom is 0.351 e. The van der Waals surface area contributed by atoms with Gasteiger partial charge in [-0.2, -0.15) is 0 Å². The normalized spacial score (nSPS) is 22.8. The Morgan fingerprint density at radius 2 is 2.39 bits per heavy atom. The van der Waals surface area contributed by atoms with Gasteiger partial charge in [0, 0.05) is 18.8 Å². The second-order valence-corrected chi connectivity index (χ2v) is 4.43. The summed E-state index contributed by atoms with van der Waals surface area (Å²) in [6.07, 6.45) is 3.90. The number of carboxylic acids is 1. The third-order valence-corrected chi connectivity index (χ3v) is 2.97. The molecule has 18 heavy (non-hydrogen) atoms. The average Bonchev–Trinajstić information content (AvgIpc) is 2.92. The standard InChI is InChI=1S/C12H11N3O3/c1-12(11(16)17)6-8(14-18-12)9-7-15-5-3-2-4-10(15)13-9/h2-5,7H,6H2,1H3,(H,16,17). The first-order valence-electron chi connectivity index (χ1n) is 5.51. The number of fused-ring (bicyclic) bond motifs is 1. The fourth-order valence-electron chi connectivity index (χ4n) is 1.87. The van der Waals surface area contributed by atoms with E-state index in [0.717, 1.165) is 5.65 Å². The van der Waals surface area contributed by atoms with Crippen molar-refractivity contribution in [3.05, 3.63) is 36.3 Å². The minimum atomic E-state index is -1.29. The van der Waals surface area contributed by atoms with E-state index >= 15 is 0 Å². The summed E-state index contributed by atoms with van der Waals surface area (Å²) in [4.78, 5) is 20.4. The van der Waals surface area contributed by atoms with Crippen molar-refractivity contribution in [1.29, 1.82) is 0 Å². The van der Waals surface area contributed by atoms with Crippen molar-refractivity contribution >= 4 is 17.3 Å². The highest BCUT2D eigenvalue weighted by molar-refractivity contribution is 6.03. The van der Waals surface area contributed by atoms with E-state index in [1.54, 1.807) is 0 Å². The molecule has 3 heterocycles. The molecule has 3 rings (SSSR count). The molecule has 1 aliphatic rings. The zero-order chi connectivity index (χ0) is 12.8. The molecule has 1 N–H and O–H groups in total. The van der Waals surface area contributed by atoms with E-state index in [9.17, 15) is 4.79 Å². The Labute approximate surface area is 103 Å². The van der Waals surface area contributed by atoms with Gasteiger partial charge in [-0.15, -0.1) is 0 Å². The number of oxime groups is 1. The second kappa shape index (κ2) is 3.56. The average molecular weight is 245 g/mol. The number of aliphatic carboxylic acids is 1. The van der Waals surface area contributed by atoms with Crippen LogP contribution in [-0.4, -0.2) is 31.8 Å². The van der Waals surface area contributed by atoms with Gasteiger partial charge in [0.1, 0.15) is 17.1 Å². The number of nitrogens with zero attached hydrogens (tertiary/aromatic N) is 3. The number of rotatable bonds is 2. The van der Waals surface area contributed by atoms with E-state index < -0.39 is 11.6 Å². The summed E-state index contributed by atoms with van der Waals surface area (Å²) in [7, 11) is 0. The maximum absolute atomic E-state index is 11.0. The third-order valence-electron chi connectivity index (χ3n) is 2.97. The lowest BCUT2D eigenvalue weighted by Gasteiger charge is -2.14. The van der Waals surface area contributed by atoms with Gasteiger partial charge < -0.3 is 14.3 Å². The zero-order valence-corrected chi connectivity index (χ0v) is 9.70. The number of carbonyl (C=O) groups is 1. The summed E-state index contributed by atoms with van der Waals surface area (Å²) in [5.41, 5.74) is 0.708. The van der Waals surface area contributed by atoms with Gasteiger partial charge in [0.2, 0.25) is 5.60 Å². The molecular weight excluding hydrogens is 234 g/mol. The van der Waals surface area contributed by atoms with Crippen molar-refractivity contribution in [1.82, 2.24) is 9.38 Å². The van der Waals surface area contributed by atoms with Crippen LogP contribution in [0.3, 0.4) is 0 Å². The SMILES string of the molecule is CC1(C(=O)O)CC(c2cn3ccccc3n2)=NO1. The van der Waals surface area contributed by atoms with Crippen LogP contribution in [0, 0.1) is 0 Å². The van der Waals surface area contributed by atoms with Crippen molar-refractivity contribution in [2.45, 2.75) is 18.9 Å². The van der Waals surface area contributed by atoms with Crippen LogP contribution in [0.2, 0.25) is 0 Å². The lowest BCUT2D eigenvalue weighted by atomic mass is 9.99. The molecule has 2 aromatic heterocycles. The predicted octanol–water partition coefficient (Wildman–Crippen LogP) is 1.30. The minimum Gasteiger partial charge on any atom is -0.478 e. The summed E-state index contributed by atoms with van der Waals surface area (Å²) < 4.78 is 1.86. The van der Waals surface area contributed by atoms with Crippen LogP contribution in [0.25, 0.3) is 5.65 Å². The first-order valence-corrected chi connectivity index (χ1v) is 5.51. The van der Waals surface area contributed by atoms with Gasteiger partial charge in [0.15, 0.2) is 0 Å². The van der Waals surface area contributed by atoms with Gasteiger partial charge in [-0.25, -0.2) is 9.78 Å². The summed E-state index contributed by atoms with van der Waals surface area (Å²) in [5, 5.41) is 12.9. The lowest BCUT2D eigenvalue weighted by Crippen LogP contribution is -2.35. The number of imidazole rings is 1. The van der Waals surface area contributed by atoms with Crippen LogP contribution < -0.4 is 0 Å². The van der Waals surface area contributed by atoms with Crippen molar-refractivity contribution < 1.29 is 14.7 Å². The highest BCUT2D eigenvalue weighted by Crippen LogP contribution is 2.26. The van der Waals surface area contributed by atoms with E-state index in [2.05, 4.69) is 10.1 Å². The van der Waals surface area contributed by atoms with E-state index in [-0.39, 0.29) is 6.42 Å². The van der Waals surface area contributed by atoms with Crippen molar-refractivity contribution in [2.75, 3.05) is 0 Å². The molecule has 1 atom stereocenters. The lowest BCUT2D eigenvalue weighted by molar-refractivity contribution is -0.160. The Kier molecular flexibility index (Phi) is 2.13. The molecule has 0 spiro atoms. The molecule has 0 fully saturated rings. The van der Waals surface area contributed by atoms with E-state index in [4.69, 9.17) is 9.94 Å². The molecule has 0 radical (unpaired) electrons. The van der Waals surface area contributed by atoms with Gasteiger partial charge in [-0.1, -0.05) is 11.2 Å². The minimum absolute atomic E-state index is 0.214. The molecule has 0 bridgehead atoms. The number of aromatic nitrogens is 2. The zero-order valence-electron chi connectivity index (χ0n) is 9.70. The Morgan fingerprint density at radius 1 is 1.56 bits per heavy atom. The van der Waals surface area contributed by atoms with E-state index in [0.29, 0.717) is 11.4 Å². The number of pyridine rings is 1. The van der Waals surface area contributed by atoms with Crippen LogP contribution in [0.15, 0.2) is 35.7 Å². The van der Waals surface area contributed by atoms with Crippen molar-refractivity contribution in [3.8, 4) is 0 Å². The fourth-order valence-corrected chi connectivity index (χ4v) is 1.87. The molecule has 92 valence electrons. The molecule has 6 nitrogen and oxygen atoms in total. The fraction of sp³-hybridized carbons (Fsp3) is 0.250. The number of hydrogen-bond donors (Lipinski definition) is 1. The van der Waals surface area contributed by atoms with Crippen LogP contribution in [-0.2, 0) is 9.63 Å². The molecule has 2 aromatic rings. The van der Waals surface area contributed by atoms with Crippen LogP contribution in [0.4, 0.5) is 0 Å². The largest absolute Gasteiger partial charge is 0.478 e. The van der Waals surface area contributed by atoms with Gasteiger partial charge in [-0.05, 0) is 19.1 Å². The molecule has 0 saturated carbocycles. The Balaban J connectivity index is 1.95. The van der Waals surface area contributed by atoms with E-state index in [1.807, 2.05) is 35.0 Å². The van der Waals surface area contributed by atoms with Gasteiger partial charge in [0.05, 0.1) is 0 Å². The smallest absolute Gasteiger partial charge is 0.351 e. The van der Waals surface area contributed by atoms with Crippen LogP contribution >= 0.6 is 0 Å². The molecule has 6 heteroatoms. The van der Waals surface area contributed by atoms with Crippen molar-refractivity contribution in [2.24, 2.45) is 5.16 Å². The molecule has 0 saturated heterocycles. The first kappa shape index (κ1) is 10.8. The maximum atomic E-state index is 11.0. The highest BCUT2D eigenvalue weighted by atomic mass is 16.7. The molecule has 0 aromatic carbocycles. The molecular formula is C12H11N3O3. The molecule has 1 unspecified atom stereocenters. The Bertz CT molecular complexity index is 628. The Hall–Kier alpha value is -2.37. The summed E-state index contributed by atoms with van der Waals surface area (Å²) in [6.45, 7) is 1.50. The third kappa shape index (κ3) is 1.54. The second-order valence-electron chi connectivity index (χ2n) is 4.43. The number of carboxylic acid groups (broad SMARTS) is 1. The molecule has 1 aliphatic heterocycles. The summed E-state index contributed by atoms with van der Waals surface area (Å²) in [6, 6.07) is 5.66. The van der Waals surface area contributed by atoms with Gasteiger partial charge >= 0.3 is 5.97 Å². The van der Waals surface area contributed by atoms with Crippen LogP contribution in [0.5, 0.6) is 0 Å². The van der Waals surface area contributed by atoms with E-state index in [1.165, 1.54) is 6.92 Å². The van der Waals surface area contributed by atoms with Crippen LogP contribution in [0.1, 0.15) is 19.0 Å². The summed E-state index contributed by atoms with van der Waals surface area (Å²) >= 11 is 0. The topological polar surface area (TPSA) is 76.2 Å². The van der Waals surface area contributed by atoms with Crippen molar-refractivity contribution in [3.63, 3.8) is 0 Å². The molecule has 0 amide bonds. The highest BCUT2D eigenvalue weighted by Gasteiger charge is 2.42. The summed E-state index contributed by atoms with van der Waals surface area (Å²) in [5.74, 6) is -1.02. The molecule has 0 aliphatic carbocycles. The Morgan fingerprint density at radius 3 is 3.06 bits per heavy atom. The predicted molar refractivity (Wildman–Crippen MR) is 63.5 cm³/mol.